The van der Waals surface area contributed by atoms with Gasteiger partial charge < -0.3 is 20.5 Å². The highest BCUT2D eigenvalue weighted by molar-refractivity contribution is 5.96. The predicted molar refractivity (Wildman–Crippen MR) is 78.9 cm³/mol. The first-order chi connectivity index (χ1) is 9.67. The Bertz CT molecular complexity index is 472. The molecule has 20 heavy (non-hydrogen) atoms. The molecule has 1 aliphatic carbocycles. The zero-order valence-electron chi connectivity index (χ0n) is 11.8. The van der Waals surface area contributed by atoms with Crippen molar-refractivity contribution in [3.05, 3.63) is 23.8 Å². The van der Waals surface area contributed by atoms with Gasteiger partial charge in [-0.15, -0.1) is 0 Å². The molecule has 5 heteroatoms. The summed E-state index contributed by atoms with van der Waals surface area (Å²) in [5, 5.41) is 9.04. The third kappa shape index (κ3) is 3.04. The van der Waals surface area contributed by atoms with Crippen molar-refractivity contribution >= 4 is 17.3 Å². The van der Waals surface area contributed by atoms with Crippen molar-refractivity contribution in [2.75, 3.05) is 30.9 Å². The van der Waals surface area contributed by atoms with Crippen LogP contribution in [-0.2, 0) is 4.74 Å². The van der Waals surface area contributed by atoms with Gasteiger partial charge in [-0.25, -0.2) is 4.79 Å². The van der Waals surface area contributed by atoms with E-state index in [2.05, 4.69) is 4.90 Å². The van der Waals surface area contributed by atoms with E-state index in [0.29, 0.717) is 23.7 Å². The summed E-state index contributed by atoms with van der Waals surface area (Å²) in [6.07, 6.45) is 4.26. The van der Waals surface area contributed by atoms with Gasteiger partial charge in [0, 0.05) is 30.6 Å². The first kappa shape index (κ1) is 14.7. The predicted octanol–water partition coefficient (Wildman–Crippen LogP) is 1.80. The van der Waals surface area contributed by atoms with Gasteiger partial charge in [-0.2, -0.15) is 0 Å². The average molecular weight is 278 g/mol. The van der Waals surface area contributed by atoms with Crippen molar-refractivity contribution in [3.8, 4) is 0 Å². The number of rotatable bonds is 6. The second-order valence-corrected chi connectivity index (χ2v) is 5.12. The van der Waals surface area contributed by atoms with Crippen molar-refractivity contribution in [2.45, 2.75) is 31.7 Å². The number of nitrogens with two attached hydrogens (primary N) is 1. The summed E-state index contributed by atoms with van der Waals surface area (Å²) in [6, 6.07) is 5.95. The van der Waals surface area contributed by atoms with Crippen LogP contribution in [0.4, 0.5) is 11.4 Å². The van der Waals surface area contributed by atoms with Gasteiger partial charge in [0.25, 0.3) is 0 Å². The molecule has 110 valence electrons. The Labute approximate surface area is 119 Å². The molecular weight excluding hydrogens is 256 g/mol. The number of ether oxygens (including phenoxy) is 1. The van der Waals surface area contributed by atoms with E-state index in [1.807, 2.05) is 6.07 Å². The number of methoxy groups -OCH3 is 1. The topological polar surface area (TPSA) is 75.8 Å². The van der Waals surface area contributed by atoms with Gasteiger partial charge in [-0.05, 0) is 43.9 Å². The molecule has 0 saturated heterocycles. The Morgan fingerprint density at radius 2 is 2.25 bits per heavy atom. The molecule has 0 atom stereocenters. The van der Waals surface area contributed by atoms with Crippen molar-refractivity contribution in [1.29, 1.82) is 0 Å². The Morgan fingerprint density at radius 1 is 1.50 bits per heavy atom. The molecule has 0 heterocycles. The number of benzene rings is 1. The lowest BCUT2D eigenvalue weighted by Gasteiger charge is -2.39. The Kier molecular flexibility index (Phi) is 4.84. The van der Waals surface area contributed by atoms with Gasteiger partial charge in [0.2, 0.25) is 0 Å². The van der Waals surface area contributed by atoms with Crippen LogP contribution >= 0.6 is 0 Å². The summed E-state index contributed by atoms with van der Waals surface area (Å²) in [5.74, 6) is -0.417. The molecule has 0 aromatic heterocycles. The number of hydrogen-bond acceptors (Lipinski definition) is 5. The average Bonchev–Trinajstić information content (AvgIpc) is 2.41. The molecule has 0 amide bonds. The maximum absolute atomic E-state index is 11.7. The molecule has 5 nitrogen and oxygen atoms in total. The standard InChI is InChI=1S/C15H22N2O3/c1-20-15(19)13-10-12(6-7-14(13)16)17(8-3-9-18)11-4-2-5-11/h6-7,10-11,18H,2-5,8-9,16H2,1H3. The molecule has 0 bridgehead atoms. The highest BCUT2D eigenvalue weighted by Crippen LogP contribution is 2.31. The van der Waals surface area contributed by atoms with Crippen LogP contribution in [0.5, 0.6) is 0 Å². The van der Waals surface area contributed by atoms with Crippen LogP contribution in [0.25, 0.3) is 0 Å². The van der Waals surface area contributed by atoms with E-state index < -0.39 is 5.97 Å². The Morgan fingerprint density at radius 3 is 2.80 bits per heavy atom. The number of anilines is 2. The van der Waals surface area contributed by atoms with Crippen LogP contribution < -0.4 is 10.6 Å². The monoisotopic (exact) mass is 278 g/mol. The van der Waals surface area contributed by atoms with Crippen LogP contribution in [0.15, 0.2) is 18.2 Å². The summed E-state index contributed by atoms with van der Waals surface area (Å²) in [6.45, 7) is 0.952. The van der Waals surface area contributed by atoms with E-state index in [9.17, 15) is 4.79 Å². The largest absolute Gasteiger partial charge is 0.465 e. The Balaban J connectivity index is 2.25. The van der Waals surface area contributed by atoms with E-state index in [0.717, 1.165) is 25.1 Å². The van der Waals surface area contributed by atoms with Crippen LogP contribution in [-0.4, -0.2) is 37.4 Å². The number of carbonyl (C=O) groups excluding carboxylic acids is 1. The van der Waals surface area contributed by atoms with Crippen molar-refractivity contribution < 1.29 is 14.6 Å². The number of hydrogen-bond donors (Lipinski definition) is 2. The van der Waals surface area contributed by atoms with E-state index in [1.54, 1.807) is 12.1 Å². The third-order valence-corrected chi connectivity index (χ3v) is 3.85. The molecule has 1 saturated carbocycles. The SMILES string of the molecule is COC(=O)c1cc(N(CCCO)C2CCC2)ccc1N. The highest BCUT2D eigenvalue weighted by atomic mass is 16.5. The quantitative estimate of drug-likeness (QED) is 0.613. The van der Waals surface area contributed by atoms with Crippen molar-refractivity contribution in [1.82, 2.24) is 0 Å². The van der Waals surface area contributed by atoms with Gasteiger partial charge in [-0.1, -0.05) is 0 Å². The van der Waals surface area contributed by atoms with Crippen molar-refractivity contribution in [2.24, 2.45) is 0 Å². The van der Waals surface area contributed by atoms with E-state index >= 15 is 0 Å². The van der Waals surface area contributed by atoms with Gasteiger partial charge in [0.05, 0.1) is 12.7 Å². The second kappa shape index (κ2) is 6.61. The lowest BCUT2D eigenvalue weighted by molar-refractivity contribution is 0.0602. The summed E-state index contributed by atoms with van der Waals surface area (Å²) in [7, 11) is 1.35. The normalized spacial score (nSPS) is 14.7. The third-order valence-electron chi connectivity index (χ3n) is 3.85. The minimum Gasteiger partial charge on any atom is -0.465 e. The minimum absolute atomic E-state index is 0.169. The molecule has 3 N–H and O–H groups in total. The molecule has 1 aromatic rings. The fourth-order valence-electron chi connectivity index (χ4n) is 2.47. The molecule has 0 spiro atoms. The lowest BCUT2D eigenvalue weighted by atomic mass is 9.90. The Hall–Kier alpha value is -1.75. The molecule has 1 fully saturated rings. The van der Waals surface area contributed by atoms with E-state index in [4.69, 9.17) is 15.6 Å². The molecule has 0 unspecified atom stereocenters. The first-order valence-corrected chi connectivity index (χ1v) is 7.02. The zero-order valence-corrected chi connectivity index (χ0v) is 11.8. The number of nitrogen functional groups attached to an aromatic ring is 1. The number of esters is 1. The number of carbonyl (C=O) groups is 1. The zero-order chi connectivity index (χ0) is 14.5. The van der Waals surface area contributed by atoms with Crippen LogP contribution in [0.3, 0.4) is 0 Å². The fourth-order valence-corrected chi connectivity index (χ4v) is 2.47. The number of nitrogens with zero attached hydrogens (tertiary/aromatic N) is 1. The van der Waals surface area contributed by atoms with E-state index in [-0.39, 0.29) is 6.61 Å². The first-order valence-electron chi connectivity index (χ1n) is 7.02. The van der Waals surface area contributed by atoms with Gasteiger partial charge in [0.15, 0.2) is 0 Å². The highest BCUT2D eigenvalue weighted by Gasteiger charge is 2.25. The van der Waals surface area contributed by atoms with Crippen LogP contribution in [0, 0.1) is 0 Å². The maximum atomic E-state index is 11.7. The van der Waals surface area contributed by atoms with Gasteiger partial charge in [-0.3, -0.25) is 0 Å². The van der Waals surface area contributed by atoms with Gasteiger partial charge in [0.1, 0.15) is 0 Å². The number of aliphatic hydroxyl groups is 1. The molecule has 0 aliphatic heterocycles. The summed E-state index contributed by atoms with van der Waals surface area (Å²) in [5.41, 5.74) is 7.63. The maximum Gasteiger partial charge on any atom is 0.340 e. The molecule has 1 aliphatic rings. The van der Waals surface area contributed by atoms with Gasteiger partial charge >= 0.3 is 5.97 Å². The number of aliphatic hydroxyl groups excluding tert-OH is 1. The molecule has 0 radical (unpaired) electrons. The lowest BCUT2D eigenvalue weighted by Crippen LogP contribution is -2.41. The van der Waals surface area contributed by atoms with Crippen molar-refractivity contribution in [3.63, 3.8) is 0 Å². The molecule has 1 aromatic carbocycles. The van der Waals surface area contributed by atoms with Crippen LogP contribution in [0.2, 0.25) is 0 Å². The molecular formula is C15H22N2O3. The van der Waals surface area contributed by atoms with Crippen LogP contribution in [0.1, 0.15) is 36.0 Å². The minimum atomic E-state index is -0.417. The molecule has 2 rings (SSSR count). The fraction of sp³-hybridized carbons (Fsp3) is 0.533. The summed E-state index contributed by atoms with van der Waals surface area (Å²) >= 11 is 0. The second-order valence-electron chi connectivity index (χ2n) is 5.12. The summed E-state index contributed by atoms with van der Waals surface area (Å²) < 4.78 is 4.76. The smallest absolute Gasteiger partial charge is 0.340 e. The summed E-state index contributed by atoms with van der Waals surface area (Å²) in [4.78, 5) is 14.0. The van der Waals surface area contributed by atoms with E-state index in [1.165, 1.54) is 13.5 Å².